The summed E-state index contributed by atoms with van der Waals surface area (Å²) in [5.74, 6) is 1.18. The van der Waals surface area contributed by atoms with Gasteiger partial charge in [-0.05, 0) is 28.5 Å². The van der Waals surface area contributed by atoms with Gasteiger partial charge in [0, 0.05) is 48.3 Å². The van der Waals surface area contributed by atoms with Crippen LogP contribution in [0.1, 0.15) is 11.1 Å². The van der Waals surface area contributed by atoms with E-state index in [9.17, 15) is 10.1 Å². The summed E-state index contributed by atoms with van der Waals surface area (Å²) in [5, 5.41) is 25.9. The third kappa shape index (κ3) is 2.99. The number of aromatic amines is 1. The lowest BCUT2D eigenvalue weighted by atomic mass is 10.0. The Kier molecular flexibility index (Phi) is 4.03. The molecule has 1 N–H and O–H groups in total. The molecule has 0 bridgehead atoms. The van der Waals surface area contributed by atoms with Crippen molar-refractivity contribution in [2.24, 2.45) is 7.05 Å². The van der Waals surface area contributed by atoms with Gasteiger partial charge in [0.25, 0.3) is 5.69 Å². The number of non-ortho nitro benzene ring substituents is 1. The fourth-order valence-electron chi connectivity index (χ4n) is 3.24. The molecule has 9 heteroatoms. The van der Waals surface area contributed by atoms with Crippen LogP contribution in [0, 0.1) is 10.1 Å². The Bertz CT molecular complexity index is 1130. The number of nitro benzene ring substituents is 1. The van der Waals surface area contributed by atoms with Crippen molar-refractivity contribution in [1.29, 1.82) is 0 Å². The van der Waals surface area contributed by atoms with Gasteiger partial charge in [0.05, 0.1) is 12.0 Å². The summed E-state index contributed by atoms with van der Waals surface area (Å²) in [5.41, 5.74) is 3.76. The van der Waals surface area contributed by atoms with Gasteiger partial charge in [-0.1, -0.05) is 12.1 Å². The topological polar surface area (TPSA) is 112 Å². The molecular formula is C18H16N6O3. The zero-order chi connectivity index (χ0) is 19.0. The number of ether oxygens (including phenoxy) is 1. The largest absolute Gasteiger partial charge is 0.496 e. The number of aryl methyl sites for hydroxylation is 1. The number of tetrazole rings is 1. The molecule has 2 heterocycles. The number of hydrogen-bond donors (Lipinski definition) is 1. The number of nitro groups is 1. The molecule has 4 rings (SSSR count). The first-order valence-electron chi connectivity index (χ1n) is 8.20. The van der Waals surface area contributed by atoms with E-state index in [1.54, 1.807) is 19.2 Å². The van der Waals surface area contributed by atoms with Gasteiger partial charge in [-0.2, -0.15) is 5.21 Å². The van der Waals surface area contributed by atoms with E-state index in [0.29, 0.717) is 18.0 Å². The smallest absolute Gasteiger partial charge is 0.270 e. The van der Waals surface area contributed by atoms with Crippen LogP contribution in [0.3, 0.4) is 0 Å². The lowest BCUT2D eigenvalue weighted by Crippen LogP contribution is -1.95. The summed E-state index contributed by atoms with van der Waals surface area (Å²) in [4.78, 5) is 10.8. The van der Waals surface area contributed by atoms with Crippen molar-refractivity contribution in [1.82, 2.24) is 25.2 Å². The molecule has 4 aromatic rings. The third-order valence-corrected chi connectivity index (χ3v) is 4.54. The van der Waals surface area contributed by atoms with Crippen molar-refractivity contribution in [2.75, 3.05) is 7.11 Å². The standard InChI is InChI=1S/C18H16N6O3/c1-23-10-13(15-9-14(24(25)26)5-6-16(15)23)7-11-3-4-12(8-17(11)27-2)18-19-21-22-20-18/h3-6,8-10H,7H2,1-2H3,(H,19,20,21,22). The monoisotopic (exact) mass is 364 g/mol. The lowest BCUT2D eigenvalue weighted by molar-refractivity contribution is -0.384. The number of nitrogens with zero attached hydrogens (tertiary/aromatic N) is 5. The van der Waals surface area contributed by atoms with Gasteiger partial charge in [-0.3, -0.25) is 10.1 Å². The van der Waals surface area contributed by atoms with Gasteiger partial charge in [0.15, 0.2) is 0 Å². The zero-order valence-corrected chi connectivity index (χ0v) is 14.7. The van der Waals surface area contributed by atoms with Crippen molar-refractivity contribution >= 4 is 16.6 Å². The van der Waals surface area contributed by atoms with Crippen LogP contribution in [0.5, 0.6) is 5.75 Å². The second-order valence-electron chi connectivity index (χ2n) is 6.16. The summed E-state index contributed by atoms with van der Waals surface area (Å²) in [6.45, 7) is 0. The van der Waals surface area contributed by atoms with Crippen molar-refractivity contribution in [3.8, 4) is 17.1 Å². The molecular weight excluding hydrogens is 348 g/mol. The van der Waals surface area contributed by atoms with Gasteiger partial charge in [-0.25, -0.2) is 0 Å². The molecule has 0 fully saturated rings. The van der Waals surface area contributed by atoms with E-state index >= 15 is 0 Å². The van der Waals surface area contributed by atoms with Crippen molar-refractivity contribution in [3.63, 3.8) is 0 Å². The predicted octanol–water partition coefficient (Wildman–Crippen LogP) is 2.87. The minimum atomic E-state index is -0.378. The molecule has 0 saturated carbocycles. The minimum Gasteiger partial charge on any atom is -0.496 e. The minimum absolute atomic E-state index is 0.0781. The number of H-pyrrole nitrogens is 1. The van der Waals surface area contributed by atoms with Crippen LogP contribution in [-0.4, -0.2) is 37.2 Å². The fraction of sp³-hybridized carbons (Fsp3) is 0.167. The van der Waals surface area contributed by atoms with Crippen LogP contribution in [0.2, 0.25) is 0 Å². The SMILES string of the molecule is COc1cc(-c2nn[nH]n2)ccc1Cc1cn(C)c2ccc([N+](=O)[O-])cc12. The van der Waals surface area contributed by atoms with E-state index in [0.717, 1.165) is 27.6 Å². The third-order valence-electron chi connectivity index (χ3n) is 4.54. The Balaban J connectivity index is 1.75. The first kappa shape index (κ1) is 16.7. The van der Waals surface area contributed by atoms with Gasteiger partial charge < -0.3 is 9.30 Å². The van der Waals surface area contributed by atoms with E-state index in [2.05, 4.69) is 20.6 Å². The second-order valence-corrected chi connectivity index (χ2v) is 6.16. The van der Waals surface area contributed by atoms with E-state index < -0.39 is 0 Å². The van der Waals surface area contributed by atoms with Crippen molar-refractivity contribution in [2.45, 2.75) is 6.42 Å². The van der Waals surface area contributed by atoms with Crippen LogP contribution in [0.15, 0.2) is 42.6 Å². The van der Waals surface area contributed by atoms with Gasteiger partial charge in [0.1, 0.15) is 5.75 Å². The maximum absolute atomic E-state index is 11.1. The second kappa shape index (κ2) is 6.52. The number of rotatable bonds is 5. The Morgan fingerprint density at radius 1 is 1.22 bits per heavy atom. The van der Waals surface area contributed by atoms with Crippen LogP contribution < -0.4 is 4.74 Å². The number of aromatic nitrogens is 5. The van der Waals surface area contributed by atoms with E-state index in [-0.39, 0.29) is 10.6 Å². The molecule has 0 spiro atoms. The molecule has 136 valence electrons. The summed E-state index contributed by atoms with van der Waals surface area (Å²) >= 11 is 0. The average Bonchev–Trinajstić information content (AvgIpc) is 3.31. The fourth-order valence-corrected chi connectivity index (χ4v) is 3.24. The normalized spacial score (nSPS) is 11.0. The van der Waals surface area contributed by atoms with Crippen LogP contribution in [0.4, 0.5) is 5.69 Å². The summed E-state index contributed by atoms with van der Waals surface area (Å²) in [6, 6.07) is 10.6. The number of benzene rings is 2. The highest BCUT2D eigenvalue weighted by Gasteiger charge is 2.15. The molecule has 2 aromatic heterocycles. The average molecular weight is 364 g/mol. The Labute approximate surface area is 153 Å². The van der Waals surface area contributed by atoms with E-state index in [4.69, 9.17) is 4.74 Å². The van der Waals surface area contributed by atoms with E-state index in [1.165, 1.54) is 6.07 Å². The number of nitrogens with one attached hydrogen (secondary N) is 1. The molecule has 0 atom stereocenters. The summed E-state index contributed by atoms with van der Waals surface area (Å²) in [6.07, 6.45) is 2.56. The molecule has 9 nitrogen and oxygen atoms in total. The Morgan fingerprint density at radius 2 is 2.07 bits per heavy atom. The number of hydrogen-bond acceptors (Lipinski definition) is 6. The highest BCUT2D eigenvalue weighted by atomic mass is 16.6. The first-order chi connectivity index (χ1) is 13.1. The maximum atomic E-state index is 11.1. The first-order valence-corrected chi connectivity index (χ1v) is 8.20. The molecule has 0 unspecified atom stereocenters. The van der Waals surface area contributed by atoms with Crippen molar-refractivity contribution in [3.05, 3.63) is 63.8 Å². The number of methoxy groups -OCH3 is 1. The molecule has 27 heavy (non-hydrogen) atoms. The van der Waals surface area contributed by atoms with Crippen LogP contribution in [0.25, 0.3) is 22.3 Å². The zero-order valence-electron chi connectivity index (χ0n) is 14.7. The maximum Gasteiger partial charge on any atom is 0.270 e. The van der Waals surface area contributed by atoms with Gasteiger partial charge in [0.2, 0.25) is 5.82 Å². The molecule has 0 aliphatic heterocycles. The van der Waals surface area contributed by atoms with Crippen LogP contribution >= 0.6 is 0 Å². The van der Waals surface area contributed by atoms with Gasteiger partial charge >= 0.3 is 0 Å². The molecule has 0 aliphatic rings. The molecule has 0 saturated heterocycles. The summed E-state index contributed by atoms with van der Waals surface area (Å²) < 4.78 is 7.50. The lowest BCUT2D eigenvalue weighted by Gasteiger charge is -2.09. The highest BCUT2D eigenvalue weighted by Crippen LogP contribution is 2.31. The van der Waals surface area contributed by atoms with E-state index in [1.807, 2.05) is 36.0 Å². The van der Waals surface area contributed by atoms with Gasteiger partial charge in [-0.15, -0.1) is 10.2 Å². The predicted molar refractivity (Wildman–Crippen MR) is 98.5 cm³/mol. The Morgan fingerprint density at radius 3 is 2.78 bits per heavy atom. The molecule has 2 aromatic carbocycles. The van der Waals surface area contributed by atoms with Crippen LogP contribution in [-0.2, 0) is 13.5 Å². The highest BCUT2D eigenvalue weighted by molar-refractivity contribution is 5.86. The number of fused-ring (bicyclic) bond motifs is 1. The summed E-state index contributed by atoms with van der Waals surface area (Å²) in [7, 11) is 3.53. The molecule has 0 aliphatic carbocycles. The quantitative estimate of drug-likeness (QED) is 0.430. The van der Waals surface area contributed by atoms with Crippen molar-refractivity contribution < 1.29 is 9.66 Å². The molecule has 0 amide bonds. The molecule has 0 radical (unpaired) electrons. The Hall–Kier alpha value is -3.75.